The van der Waals surface area contributed by atoms with Gasteiger partial charge in [0.2, 0.25) is 10.0 Å². The highest BCUT2D eigenvalue weighted by Gasteiger charge is 2.29. The lowest BCUT2D eigenvalue weighted by molar-refractivity contribution is 0.0472. The van der Waals surface area contributed by atoms with E-state index < -0.39 is 16.0 Å². The van der Waals surface area contributed by atoms with Gasteiger partial charge in [-0.2, -0.15) is 4.31 Å². The Bertz CT molecular complexity index is 927. The molecule has 0 N–H and O–H groups in total. The molecule has 6 nitrogen and oxygen atoms in total. The summed E-state index contributed by atoms with van der Waals surface area (Å²) in [6.07, 6.45) is 0. The Morgan fingerprint density at radius 3 is 2.48 bits per heavy atom. The van der Waals surface area contributed by atoms with Gasteiger partial charge in [0.05, 0.1) is 23.7 Å². The fourth-order valence-electron chi connectivity index (χ4n) is 2.57. The lowest BCUT2D eigenvalue weighted by Gasteiger charge is -2.26. The number of nitrogens with zero attached hydrogens (tertiary/aromatic N) is 1. The first kappa shape index (κ1) is 19.9. The number of rotatable bonds is 5. The van der Waals surface area contributed by atoms with Gasteiger partial charge in [-0.05, 0) is 51.8 Å². The van der Waals surface area contributed by atoms with Crippen molar-refractivity contribution in [3.05, 3.63) is 63.9 Å². The minimum atomic E-state index is -3.76. The van der Waals surface area contributed by atoms with Crippen LogP contribution in [0.4, 0.5) is 4.39 Å². The molecule has 0 aromatic heterocycles. The van der Waals surface area contributed by atoms with Crippen molar-refractivity contribution in [2.75, 3.05) is 26.3 Å². The third-order valence-corrected chi connectivity index (χ3v) is 6.93. The van der Waals surface area contributed by atoms with E-state index in [4.69, 9.17) is 9.47 Å². The third-order valence-electron chi connectivity index (χ3n) is 4.04. The highest BCUT2D eigenvalue weighted by Crippen LogP contribution is 2.27. The molecule has 9 heteroatoms. The van der Waals surface area contributed by atoms with Crippen molar-refractivity contribution in [3.8, 4) is 0 Å². The van der Waals surface area contributed by atoms with E-state index in [0.29, 0.717) is 23.2 Å². The molecule has 0 aliphatic carbocycles. The van der Waals surface area contributed by atoms with Crippen molar-refractivity contribution in [2.45, 2.75) is 11.5 Å². The van der Waals surface area contributed by atoms with Crippen LogP contribution in [0.1, 0.15) is 15.9 Å². The highest BCUT2D eigenvalue weighted by atomic mass is 79.9. The van der Waals surface area contributed by atoms with Gasteiger partial charge < -0.3 is 9.47 Å². The monoisotopic (exact) mass is 457 g/mol. The summed E-state index contributed by atoms with van der Waals surface area (Å²) >= 11 is 3.24. The summed E-state index contributed by atoms with van der Waals surface area (Å²) in [7, 11) is -3.76. The van der Waals surface area contributed by atoms with Gasteiger partial charge in [0.15, 0.2) is 0 Å². The van der Waals surface area contributed by atoms with E-state index in [-0.39, 0.29) is 36.0 Å². The standard InChI is InChI=1S/C18H17BrFNO5S/c19-16-6-3-14(18(22)26-12-13-1-4-15(20)5-2-13)11-17(16)27(23,24)21-7-9-25-10-8-21/h1-6,11H,7-10,12H2. The molecule has 1 fully saturated rings. The molecule has 1 heterocycles. The van der Waals surface area contributed by atoms with Gasteiger partial charge in [0.1, 0.15) is 12.4 Å². The molecule has 0 amide bonds. The van der Waals surface area contributed by atoms with Crippen LogP contribution in [-0.2, 0) is 26.1 Å². The average Bonchev–Trinajstić information content (AvgIpc) is 2.68. The van der Waals surface area contributed by atoms with E-state index in [1.54, 1.807) is 0 Å². The van der Waals surface area contributed by atoms with E-state index in [0.717, 1.165) is 0 Å². The Hall–Kier alpha value is -1.81. The normalized spacial score (nSPS) is 15.5. The lowest BCUT2D eigenvalue weighted by Crippen LogP contribution is -2.40. The van der Waals surface area contributed by atoms with Gasteiger partial charge in [-0.1, -0.05) is 12.1 Å². The van der Waals surface area contributed by atoms with Crippen LogP contribution in [0.25, 0.3) is 0 Å². The molecular formula is C18H17BrFNO5S. The topological polar surface area (TPSA) is 72.9 Å². The maximum atomic E-state index is 12.9. The van der Waals surface area contributed by atoms with Gasteiger partial charge in [0, 0.05) is 17.6 Å². The number of hydrogen-bond acceptors (Lipinski definition) is 5. The maximum Gasteiger partial charge on any atom is 0.338 e. The highest BCUT2D eigenvalue weighted by molar-refractivity contribution is 9.10. The van der Waals surface area contributed by atoms with Crippen molar-refractivity contribution >= 4 is 31.9 Å². The molecule has 3 rings (SSSR count). The van der Waals surface area contributed by atoms with Crippen molar-refractivity contribution < 1.29 is 27.1 Å². The summed E-state index contributed by atoms with van der Waals surface area (Å²) in [5.41, 5.74) is 0.746. The van der Waals surface area contributed by atoms with E-state index in [9.17, 15) is 17.6 Å². The average molecular weight is 458 g/mol. The largest absolute Gasteiger partial charge is 0.457 e. The Kier molecular flexibility index (Phi) is 6.25. The molecular weight excluding hydrogens is 441 g/mol. The van der Waals surface area contributed by atoms with Crippen LogP contribution in [0.5, 0.6) is 0 Å². The first-order valence-corrected chi connectivity index (χ1v) is 10.4. The summed E-state index contributed by atoms with van der Waals surface area (Å²) in [6, 6.07) is 9.85. The Morgan fingerprint density at radius 1 is 1.15 bits per heavy atom. The summed E-state index contributed by atoms with van der Waals surface area (Å²) in [4.78, 5) is 12.3. The predicted octanol–water partition coefficient (Wildman–Crippen LogP) is 2.97. The van der Waals surface area contributed by atoms with Crippen molar-refractivity contribution in [3.63, 3.8) is 0 Å². The fraction of sp³-hybridized carbons (Fsp3) is 0.278. The number of morpholine rings is 1. The molecule has 0 unspecified atom stereocenters. The van der Waals surface area contributed by atoms with Crippen molar-refractivity contribution in [1.29, 1.82) is 0 Å². The second kappa shape index (κ2) is 8.47. The minimum Gasteiger partial charge on any atom is -0.457 e. The molecule has 144 valence electrons. The number of carbonyl (C=O) groups excluding carboxylic acids is 1. The number of carbonyl (C=O) groups is 1. The van der Waals surface area contributed by atoms with Gasteiger partial charge in [-0.3, -0.25) is 0 Å². The maximum absolute atomic E-state index is 12.9. The molecule has 0 atom stereocenters. The molecule has 1 saturated heterocycles. The van der Waals surface area contributed by atoms with Crippen LogP contribution in [0.15, 0.2) is 51.8 Å². The Labute approximate surface area is 165 Å². The predicted molar refractivity (Wildman–Crippen MR) is 99.2 cm³/mol. The van der Waals surface area contributed by atoms with Crippen molar-refractivity contribution in [1.82, 2.24) is 4.31 Å². The van der Waals surface area contributed by atoms with Crippen LogP contribution in [0.2, 0.25) is 0 Å². The Morgan fingerprint density at radius 2 is 1.81 bits per heavy atom. The van der Waals surface area contributed by atoms with Gasteiger partial charge in [-0.15, -0.1) is 0 Å². The molecule has 0 radical (unpaired) electrons. The van der Waals surface area contributed by atoms with Crippen LogP contribution in [0.3, 0.4) is 0 Å². The fourth-order valence-corrected chi connectivity index (χ4v) is 4.93. The molecule has 0 saturated carbocycles. The first-order valence-electron chi connectivity index (χ1n) is 8.17. The van der Waals surface area contributed by atoms with Crippen LogP contribution in [0, 0.1) is 5.82 Å². The van der Waals surface area contributed by atoms with Gasteiger partial charge in [-0.25, -0.2) is 17.6 Å². The Balaban J connectivity index is 1.77. The quantitative estimate of drug-likeness (QED) is 0.645. The van der Waals surface area contributed by atoms with Gasteiger partial charge >= 0.3 is 5.97 Å². The van der Waals surface area contributed by atoms with E-state index >= 15 is 0 Å². The first-order chi connectivity index (χ1) is 12.9. The smallest absolute Gasteiger partial charge is 0.338 e. The molecule has 0 bridgehead atoms. The second-order valence-electron chi connectivity index (χ2n) is 5.86. The zero-order valence-corrected chi connectivity index (χ0v) is 16.6. The number of esters is 1. The minimum absolute atomic E-state index is 0.000585. The number of benzene rings is 2. The van der Waals surface area contributed by atoms with Gasteiger partial charge in [0.25, 0.3) is 0 Å². The number of ether oxygens (including phenoxy) is 2. The molecule has 1 aliphatic rings. The summed E-state index contributed by atoms with van der Waals surface area (Å²) in [6.45, 7) is 1.13. The number of halogens is 2. The number of hydrogen-bond donors (Lipinski definition) is 0. The molecule has 0 spiro atoms. The summed E-state index contributed by atoms with van der Waals surface area (Å²) in [5, 5.41) is 0. The zero-order valence-electron chi connectivity index (χ0n) is 14.2. The third kappa shape index (κ3) is 4.73. The number of sulfonamides is 1. The van der Waals surface area contributed by atoms with Crippen molar-refractivity contribution in [2.24, 2.45) is 0 Å². The lowest BCUT2D eigenvalue weighted by atomic mass is 10.2. The summed E-state index contributed by atoms with van der Waals surface area (Å²) in [5.74, 6) is -1.04. The molecule has 2 aromatic carbocycles. The molecule has 1 aliphatic heterocycles. The second-order valence-corrected chi connectivity index (χ2v) is 8.62. The van der Waals surface area contributed by atoms with E-state index in [1.165, 1.54) is 46.8 Å². The molecule has 27 heavy (non-hydrogen) atoms. The summed E-state index contributed by atoms with van der Waals surface area (Å²) < 4.78 is 50.7. The van der Waals surface area contributed by atoms with E-state index in [1.807, 2.05) is 0 Å². The zero-order chi connectivity index (χ0) is 19.4. The van der Waals surface area contributed by atoms with Crippen LogP contribution in [-0.4, -0.2) is 45.0 Å². The van der Waals surface area contributed by atoms with Crippen LogP contribution < -0.4 is 0 Å². The molecule has 2 aromatic rings. The SMILES string of the molecule is O=C(OCc1ccc(F)cc1)c1ccc(Br)c(S(=O)(=O)N2CCOCC2)c1. The van der Waals surface area contributed by atoms with E-state index in [2.05, 4.69) is 15.9 Å². The van der Waals surface area contributed by atoms with Crippen LogP contribution >= 0.6 is 15.9 Å².